The van der Waals surface area contributed by atoms with Gasteiger partial charge in [0.25, 0.3) is 0 Å². The molecule has 0 saturated carbocycles. The summed E-state index contributed by atoms with van der Waals surface area (Å²) in [5, 5.41) is 2.79. The first-order chi connectivity index (χ1) is 12.0. The summed E-state index contributed by atoms with van der Waals surface area (Å²) < 4.78 is 5.00. The summed E-state index contributed by atoms with van der Waals surface area (Å²) in [5.74, 6) is -0.502. The molecular formula is C18H25N3O4. The Labute approximate surface area is 147 Å². The molecule has 1 aromatic carbocycles. The lowest BCUT2D eigenvalue weighted by Gasteiger charge is -2.34. The number of hydrogen-bond donors (Lipinski definition) is 1. The number of benzene rings is 1. The molecule has 0 atom stereocenters. The normalized spacial score (nSPS) is 14.9. The van der Waals surface area contributed by atoms with Crippen LogP contribution in [0.3, 0.4) is 0 Å². The minimum absolute atomic E-state index is 0.0907. The van der Waals surface area contributed by atoms with E-state index in [0.717, 1.165) is 13.1 Å². The van der Waals surface area contributed by atoms with E-state index in [0.29, 0.717) is 37.3 Å². The molecule has 1 fully saturated rings. The topological polar surface area (TPSA) is 79.0 Å². The summed E-state index contributed by atoms with van der Waals surface area (Å²) in [6, 6.07) is 6.82. The largest absolute Gasteiger partial charge is 0.462 e. The van der Waals surface area contributed by atoms with Crippen molar-refractivity contribution >= 4 is 23.5 Å². The van der Waals surface area contributed by atoms with Crippen LogP contribution < -0.4 is 5.32 Å². The molecule has 1 aliphatic heterocycles. The molecule has 1 heterocycles. The Bertz CT molecular complexity index is 625. The molecule has 0 unspecified atom stereocenters. The van der Waals surface area contributed by atoms with E-state index in [4.69, 9.17) is 4.74 Å². The summed E-state index contributed by atoms with van der Waals surface area (Å²) in [7, 11) is 0. The van der Waals surface area contributed by atoms with Crippen molar-refractivity contribution < 1.29 is 19.1 Å². The Hall–Kier alpha value is -2.41. The third-order valence-electron chi connectivity index (χ3n) is 4.17. The van der Waals surface area contributed by atoms with Crippen molar-refractivity contribution in [1.82, 2.24) is 9.80 Å². The Morgan fingerprint density at radius 1 is 1.12 bits per heavy atom. The van der Waals surface area contributed by atoms with Crippen molar-refractivity contribution in [1.29, 1.82) is 0 Å². The second-order valence-electron chi connectivity index (χ2n) is 5.91. The Morgan fingerprint density at radius 3 is 2.44 bits per heavy atom. The average Bonchev–Trinajstić information content (AvgIpc) is 2.61. The standard InChI is InChI=1S/C18H25N3O4/c1-3-25-18(24)15-6-4-5-7-16(15)19-17(23)8-9-20-10-12-21(13-11-20)14(2)22/h4-7H,3,8-13H2,1-2H3,(H,19,23). The second-order valence-corrected chi connectivity index (χ2v) is 5.91. The van der Waals surface area contributed by atoms with Gasteiger partial charge in [-0.2, -0.15) is 0 Å². The minimum atomic E-state index is -0.446. The Balaban J connectivity index is 1.83. The molecule has 0 aromatic heterocycles. The van der Waals surface area contributed by atoms with E-state index in [1.807, 2.05) is 4.90 Å². The van der Waals surface area contributed by atoms with Crippen LogP contribution in [0.15, 0.2) is 24.3 Å². The summed E-state index contributed by atoms with van der Waals surface area (Å²) >= 11 is 0. The number of ether oxygens (including phenoxy) is 1. The van der Waals surface area contributed by atoms with E-state index in [-0.39, 0.29) is 18.4 Å². The molecule has 1 N–H and O–H groups in total. The highest BCUT2D eigenvalue weighted by atomic mass is 16.5. The average molecular weight is 347 g/mol. The van der Waals surface area contributed by atoms with Crippen molar-refractivity contribution in [3.8, 4) is 0 Å². The molecule has 25 heavy (non-hydrogen) atoms. The molecule has 0 radical (unpaired) electrons. The van der Waals surface area contributed by atoms with Gasteiger partial charge in [-0.1, -0.05) is 12.1 Å². The molecule has 1 aliphatic rings. The predicted molar refractivity (Wildman–Crippen MR) is 94.3 cm³/mol. The van der Waals surface area contributed by atoms with Crippen molar-refractivity contribution in [3.63, 3.8) is 0 Å². The van der Waals surface area contributed by atoms with E-state index < -0.39 is 5.97 Å². The Kier molecular flexibility index (Phi) is 6.94. The van der Waals surface area contributed by atoms with Gasteiger partial charge in [-0.05, 0) is 19.1 Å². The zero-order valence-electron chi connectivity index (χ0n) is 14.8. The van der Waals surface area contributed by atoms with Gasteiger partial charge in [0.05, 0.1) is 17.9 Å². The maximum absolute atomic E-state index is 12.2. The lowest BCUT2D eigenvalue weighted by molar-refractivity contribution is -0.130. The van der Waals surface area contributed by atoms with Gasteiger partial charge in [0.2, 0.25) is 11.8 Å². The van der Waals surface area contributed by atoms with Gasteiger partial charge in [-0.25, -0.2) is 4.79 Å². The van der Waals surface area contributed by atoms with Crippen molar-refractivity contribution in [2.45, 2.75) is 20.3 Å². The monoisotopic (exact) mass is 347 g/mol. The lowest BCUT2D eigenvalue weighted by atomic mass is 10.1. The van der Waals surface area contributed by atoms with Gasteiger partial charge in [-0.3, -0.25) is 14.5 Å². The lowest BCUT2D eigenvalue weighted by Crippen LogP contribution is -2.48. The number of para-hydroxylation sites is 1. The molecule has 7 nitrogen and oxygen atoms in total. The van der Waals surface area contributed by atoms with Crippen LogP contribution >= 0.6 is 0 Å². The predicted octanol–water partition coefficient (Wildman–Crippen LogP) is 1.36. The van der Waals surface area contributed by atoms with E-state index in [1.165, 1.54) is 0 Å². The van der Waals surface area contributed by atoms with Crippen molar-refractivity contribution in [2.75, 3.05) is 44.6 Å². The fourth-order valence-corrected chi connectivity index (χ4v) is 2.74. The van der Waals surface area contributed by atoms with Crippen LogP contribution in [-0.2, 0) is 14.3 Å². The van der Waals surface area contributed by atoms with Crippen LogP contribution in [-0.4, -0.2) is 66.9 Å². The maximum Gasteiger partial charge on any atom is 0.340 e. The van der Waals surface area contributed by atoms with Crippen LogP contribution in [0, 0.1) is 0 Å². The zero-order valence-corrected chi connectivity index (χ0v) is 14.8. The highest BCUT2D eigenvalue weighted by Gasteiger charge is 2.19. The molecule has 0 spiro atoms. The highest BCUT2D eigenvalue weighted by Crippen LogP contribution is 2.16. The van der Waals surface area contributed by atoms with Crippen LogP contribution in [0.5, 0.6) is 0 Å². The summed E-state index contributed by atoms with van der Waals surface area (Å²) in [4.78, 5) is 39.4. The van der Waals surface area contributed by atoms with Crippen LogP contribution in [0.4, 0.5) is 5.69 Å². The molecule has 0 aliphatic carbocycles. The molecule has 2 amide bonds. The van der Waals surface area contributed by atoms with Gasteiger partial charge >= 0.3 is 5.97 Å². The van der Waals surface area contributed by atoms with Crippen LogP contribution in [0.25, 0.3) is 0 Å². The van der Waals surface area contributed by atoms with Gasteiger partial charge in [0.15, 0.2) is 0 Å². The summed E-state index contributed by atoms with van der Waals surface area (Å²) in [6.45, 7) is 7.16. The zero-order chi connectivity index (χ0) is 18.2. The first kappa shape index (κ1) is 18.9. The van der Waals surface area contributed by atoms with Crippen molar-refractivity contribution in [2.24, 2.45) is 0 Å². The summed E-state index contributed by atoms with van der Waals surface area (Å²) in [6.07, 6.45) is 0.331. The number of carbonyl (C=O) groups is 3. The number of nitrogens with zero attached hydrogens (tertiary/aromatic N) is 2. The molecule has 1 saturated heterocycles. The molecular weight excluding hydrogens is 322 g/mol. The second kappa shape index (κ2) is 9.17. The number of piperazine rings is 1. The molecule has 136 valence electrons. The molecule has 7 heteroatoms. The Morgan fingerprint density at radius 2 is 1.80 bits per heavy atom. The van der Waals surface area contributed by atoms with Gasteiger partial charge in [0.1, 0.15) is 0 Å². The fraction of sp³-hybridized carbons (Fsp3) is 0.500. The van der Waals surface area contributed by atoms with Gasteiger partial charge < -0.3 is 15.0 Å². The van der Waals surface area contributed by atoms with E-state index >= 15 is 0 Å². The third-order valence-corrected chi connectivity index (χ3v) is 4.17. The molecule has 1 aromatic rings. The number of carbonyl (C=O) groups excluding carboxylic acids is 3. The van der Waals surface area contributed by atoms with Gasteiger partial charge in [-0.15, -0.1) is 0 Å². The number of anilines is 1. The molecule has 2 rings (SSSR count). The number of rotatable bonds is 6. The van der Waals surface area contributed by atoms with Crippen LogP contribution in [0.1, 0.15) is 30.6 Å². The first-order valence-corrected chi connectivity index (χ1v) is 8.55. The molecule has 0 bridgehead atoms. The smallest absolute Gasteiger partial charge is 0.340 e. The van der Waals surface area contributed by atoms with E-state index in [2.05, 4.69) is 10.2 Å². The number of amides is 2. The van der Waals surface area contributed by atoms with Crippen LogP contribution in [0.2, 0.25) is 0 Å². The fourth-order valence-electron chi connectivity index (χ4n) is 2.74. The van der Waals surface area contributed by atoms with Gasteiger partial charge in [0, 0.05) is 46.1 Å². The number of esters is 1. The highest BCUT2D eigenvalue weighted by molar-refractivity contribution is 6.01. The number of nitrogens with one attached hydrogen (secondary N) is 1. The SMILES string of the molecule is CCOC(=O)c1ccccc1NC(=O)CCN1CCN(C(C)=O)CC1. The van der Waals surface area contributed by atoms with E-state index in [1.54, 1.807) is 38.1 Å². The first-order valence-electron chi connectivity index (χ1n) is 8.55. The quantitative estimate of drug-likeness (QED) is 0.786. The summed E-state index contributed by atoms with van der Waals surface area (Å²) in [5.41, 5.74) is 0.820. The number of hydrogen-bond acceptors (Lipinski definition) is 5. The minimum Gasteiger partial charge on any atom is -0.462 e. The maximum atomic E-state index is 12.2. The van der Waals surface area contributed by atoms with Crippen molar-refractivity contribution in [3.05, 3.63) is 29.8 Å². The third kappa shape index (κ3) is 5.56. The van der Waals surface area contributed by atoms with E-state index in [9.17, 15) is 14.4 Å².